The van der Waals surface area contributed by atoms with E-state index >= 15 is 0 Å². The number of fused-ring (bicyclic) bond motifs is 8. The van der Waals surface area contributed by atoms with Crippen molar-refractivity contribution in [2.75, 3.05) is 0 Å². The van der Waals surface area contributed by atoms with Crippen LogP contribution in [-0.2, 0) is 0 Å². The minimum Gasteiger partial charge on any atom is -0.259 e. The lowest BCUT2D eigenvalue weighted by molar-refractivity contribution is -0.443. The predicted molar refractivity (Wildman–Crippen MR) is 133 cm³/mol. The van der Waals surface area contributed by atoms with Crippen LogP contribution in [0, 0.1) is 19.9 Å². The summed E-state index contributed by atoms with van der Waals surface area (Å²) in [6.07, 6.45) is 4.35. The molecule has 33 heavy (non-hydrogen) atoms. The van der Waals surface area contributed by atoms with Gasteiger partial charge in [-0.3, -0.25) is 8.99 Å². The van der Waals surface area contributed by atoms with E-state index in [4.69, 9.17) is 9.40 Å². The van der Waals surface area contributed by atoms with Gasteiger partial charge in [-0.25, -0.2) is 9.38 Å². The molecule has 4 nitrogen and oxygen atoms in total. The quantitative estimate of drug-likeness (QED) is 0.176. The second kappa shape index (κ2) is 6.04. The van der Waals surface area contributed by atoms with Crippen molar-refractivity contribution < 1.29 is 13.4 Å². The van der Waals surface area contributed by atoms with Crippen LogP contribution in [0.1, 0.15) is 30.7 Å². The molecule has 2 aromatic carbocycles. The lowest BCUT2D eigenvalue weighted by atomic mass is 9.91. The normalized spacial score (nSPS) is 15.0. The third-order valence-corrected chi connectivity index (χ3v) is 7.17. The Morgan fingerprint density at radius 1 is 0.970 bits per heavy atom. The minimum atomic E-state index is 0.687. The fourth-order valence-electron chi connectivity index (χ4n) is 5.52. The number of benzene rings is 2. The maximum Gasteiger partial charge on any atom is 0.388 e. The Kier molecular flexibility index (Phi) is 3.39. The standard InChI is InChI=1S/C29H23N3O/c1-15-13-23(31(5)14-17(15)3)24-16(2)12-21-19-8-6-7-9-22(19)32-26(21)25(24)28-27(32)20-11-10-18(4)30-29(20)33-28/h6-14H,5H2,1-4H3. The van der Waals surface area contributed by atoms with Gasteiger partial charge in [0, 0.05) is 5.39 Å². The van der Waals surface area contributed by atoms with Crippen LogP contribution in [0.15, 0.2) is 70.3 Å². The first-order valence-corrected chi connectivity index (χ1v) is 11.3. The number of aromatic nitrogens is 2. The van der Waals surface area contributed by atoms with Gasteiger partial charge in [-0.2, -0.15) is 0 Å². The fourth-order valence-corrected chi connectivity index (χ4v) is 5.52. The highest BCUT2D eigenvalue weighted by Crippen LogP contribution is 2.44. The van der Waals surface area contributed by atoms with Crippen LogP contribution >= 0.6 is 0 Å². The molecule has 1 aliphatic heterocycles. The van der Waals surface area contributed by atoms with Crippen LogP contribution in [0.5, 0.6) is 0 Å². The van der Waals surface area contributed by atoms with Crippen molar-refractivity contribution in [2.24, 2.45) is 0 Å². The molecule has 0 saturated heterocycles. The van der Waals surface area contributed by atoms with Crippen LogP contribution in [0.25, 0.3) is 49.4 Å². The first-order valence-electron chi connectivity index (χ1n) is 11.3. The maximum atomic E-state index is 6.52. The van der Waals surface area contributed by atoms with E-state index in [1.807, 2.05) is 11.5 Å². The molecular weight excluding hydrogens is 406 g/mol. The number of nitrogens with zero attached hydrogens (tertiary/aromatic N) is 3. The average molecular weight is 430 g/mol. The molecule has 0 atom stereocenters. The highest BCUT2D eigenvalue weighted by Gasteiger charge is 2.33. The zero-order valence-corrected chi connectivity index (χ0v) is 19.2. The summed E-state index contributed by atoms with van der Waals surface area (Å²) in [6, 6.07) is 16.2. The number of furan rings is 1. The summed E-state index contributed by atoms with van der Waals surface area (Å²) < 4.78 is 10.9. The summed E-state index contributed by atoms with van der Waals surface area (Å²) in [6.45, 7) is 12.8. The smallest absolute Gasteiger partial charge is 0.259 e. The molecule has 0 unspecified atom stereocenters. The zero-order valence-electron chi connectivity index (χ0n) is 19.2. The largest absolute Gasteiger partial charge is 0.388 e. The molecule has 4 aromatic heterocycles. The van der Waals surface area contributed by atoms with Gasteiger partial charge < -0.3 is 0 Å². The van der Waals surface area contributed by atoms with Crippen molar-refractivity contribution in [3.63, 3.8) is 0 Å². The highest BCUT2D eigenvalue weighted by molar-refractivity contribution is 6.22. The van der Waals surface area contributed by atoms with Crippen molar-refractivity contribution in [3.8, 4) is 0 Å². The summed E-state index contributed by atoms with van der Waals surface area (Å²) >= 11 is 0. The Labute approximate surface area is 191 Å². The van der Waals surface area contributed by atoms with E-state index in [0.717, 1.165) is 33.6 Å². The molecule has 0 saturated carbocycles. The maximum absolute atomic E-state index is 6.52. The number of para-hydroxylation sites is 1. The molecule has 6 aromatic rings. The molecule has 0 radical (unpaired) electrons. The first kappa shape index (κ1) is 18.5. The molecule has 0 fully saturated rings. The minimum absolute atomic E-state index is 0.687. The monoisotopic (exact) mass is 429 g/mol. The summed E-state index contributed by atoms with van der Waals surface area (Å²) in [4.78, 5) is 4.71. The molecular formula is C29H23N3O. The predicted octanol–water partition coefficient (Wildman–Crippen LogP) is 6.26. The van der Waals surface area contributed by atoms with Crippen LogP contribution in [-0.4, -0.2) is 16.3 Å². The van der Waals surface area contributed by atoms with Gasteiger partial charge >= 0.3 is 11.3 Å². The Morgan fingerprint density at radius 3 is 2.64 bits per heavy atom. The molecule has 7 rings (SSSR count). The molecule has 4 heteroatoms. The number of hydrogen-bond donors (Lipinski definition) is 0. The van der Waals surface area contributed by atoms with Crippen LogP contribution in [0.4, 0.5) is 0 Å². The topological polar surface area (TPSA) is 31.3 Å². The number of rotatable bonds is 1. The second-order valence-corrected chi connectivity index (χ2v) is 9.27. The number of pyridine rings is 1. The number of allylic oxidation sites excluding steroid dienone is 2. The van der Waals surface area contributed by atoms with Crippen LogP contribution in [0.2, 0.25) is 0 Å². The highest BCUT2D eigenvalue weighted by atomic mass is 16.3. The van der Waals surface area contributed by atoms with Gasteiger partial charge in [-0.1, -0.05) is 50.1 Å². The van der Waals surface area contributed by atoms with E-state index in [0.29, 0.717) is 5.71 Å². The van der Waals surface area contributed by atoms with Crippen molar-refractivity contribution >= 4 is 56.1 Å². The van der Waals surface area contributed by atoms with Crippen molar-refractivity contribution in [1.29, 1.82) is 0 Å². The molecule has 0 aliphatic carbocycles. The van der Waals surface area contributed by atoms with Gasteiger partial charge in [0.25, 0.3) is 0 Å². The molecule has 5 heterocycles. The van der Waals surface area contributed by atoms with Gasteiger partial charge in [-0.05, 0) is 41.1 Å². The third-order valence-electron chi connectivity index (χ3n) is 7.17. The number of aryl methyl sites for hydroxylation is 2. The van der Waals surface area contributed by atoms with Crippen molar-refractivity contribution in [1.82, 2.24) is 4.98 Å². The van der Waals surface area contributed by atoms with Gasteiger partial charge in [0.05, 0.1) is 12.1 Å². The Balaban J connectivity index is 1.75. The lowest BCUT2D eigenvalue weighted by Crippen LogP contribution is -2.19. The second-order valence-electron chi connectivity index (χ2n) is 9.27. The fraction of sp³-hybridized carbons (Fsp3) is 0.138. The summed E-state index contributed by atoms with van der Waals surface area (Å²) in [5, 5.41) is 4.68. The molecule has 0 bridgehead atoms. The molecule has 0 N–H and O–H groups in total. The average Bonchev–Trinajstić information content (AvgIpc) is 3.40. The lowest BCUT2D eigenvalue weighted by Gasteiger charge is -2.24. The molecule has 160 valence electrons. The van der Waals surface area contributed by atoms with E-state index < -0.39 is 0 Å². The van der Waals surface area contributed by atoms with Gasteiger partial charge in [0.2, 0.25) is 5.52 Å². The van der Waals surface area contributed by atoms with Crippen LogP contribution in [0.3, 0.4) is 0 Å². The van der Waals surface area contributed by atoms with Gasteiger partial charge in [-0.15, -0.1) is 23.8 Å². The van der Waals surface area contributed by atoms with E-state index in [9.17, 15) is 0 Å². The van der Waals surface area contributed by atoms with Crippen molar-refractivity contribution in [3.05, 3.63) is 88.7 Å². The van der Waals surface area contributed by atoms with Crippen LogP contribution < -0.4 is 4.40 Å². The number of hydrogen-bond acceptors (Lipinski definition) is 1. The third kappa shape index (κ3) is 2.23. The van der Waals surface area contributed by atoms with E-state index in [-0.39, 0.29) is 0 Å². The first-order chi connectivity index (χ1) is 15.9. The van der Waals surface area contributed by atoms with Crippen molar-refractivity contribution in [2.45, 2.75) is 27.7 Å². The molecule has 1 aliphatic rings. The SMILES string of the molecule is C=[N+]1C=C(C)C(C)=C[C-]1c1c(C)cc2c3ccccc3[n+]3c4c([o+][c-]5nc(C)ccc45)c1[c-]23. The van der Waals surface area contributed by atoms with E-state index in [2.05, 4.69) is 86.6 Å². The van der Waals surface area contributed by atoms with E-state index in [1.54, 1.807) is 0 Å². The summed E-state index contributed by atoms with van der Waals surface area (Å²) in [5.41, 5.74) is 10.9. The summed E-state index contributed by atoms with van der Waals surface area (Å²) in [7, 11) is 0. The van der Waals surface area contributed by atoms with Gasteiger partial charge in [0.1, 0.15) is 17.8 Å². The Morgan fingerprint density at radius 2 is 1.79 bits per heavy atom. The van der Waals surface area contributed by atoms with Gasteiger partial charge in [0.15, 0.2) is 5.52 Å². The summed E-state index contributed by atoms with van der Waals surface area (Å²) in [5.74, 6) is 0. The molecule has 0 amide bonds. The zero-order chi connectivity index (χ0) is 22.6. The Hall–Kier alpha value is -4.05. The Bertz CT molecular complexity index is 1880. The van der Waals surface area contributed by atoms with E-state index in [1.165, 1.54) is 44.1 Å². The molecule has 0 spiro atoms.